The summed E-state index contributed by atoms with van der Waals surface area (Å²) in [6.45, 7) is 3.72. The van der Waals surface area contributed by atoms with Gasteiger partial charge in [-0.3, -0.25) is 14.7 Å². The molecule has 3 aromatic rings. The topological polar surface area (TPSA) is 139 Å². The predicted octanol–water partition coefficient (Wildman–Crippen LogP) is 4.55. The average Bonchev–Trinajstić information content (AvgIpc) is 3.43. The van der Waals surface area contributed by atoms with Crippen molar-refractivity contribution in [3.05, 3.63) is 65.9 Å². The molecule has 0 aliphatic rings. The molecule has 1 heterocycles. The van der Waals surface area contributed by atoms with Gasteiger partial charge in [-0.05, 0) is 48.7 Å². The van der Waals surface area contributed by atoms with Crippen LogP contribution in [0.25, 0.3) is 0 Å². The number of nitrogens with one attached hydrogen (secondary N) is 5. The Morgan fingerprint density at radius 2 is 1.63 bits per heavy atom. The zero-order chi connectivity index (χ0) is 31.4. The molecule has 0 spiro atoms. The van der Waals surface area contributed by atoms with Crippen molar-refractivity contribution in [2.24, 2.45) is 0 Å². The van der Waals surface area contributed by atoms with Crippen LogP contribution in [0, 0.1) is 0 Å². The largest absolute Gasteiger partial charge is 0.497 e. The Morgan fingerprint density at radius 3 is 2.26 bits per heavy atom. The molecule has 0 fully saturated rings. The van der Waals surface area contributed by atoms with Crippen LogP contribution in [0.3, 0.4) is 0 Å². The van der Waals surface area contributed by atoms with E-state index < -0.39 is 24.4 Å². The fourth-order valence-corrected chi connectivity index (χ4v) is 4.03. The summed E-state index contributed by atoms with van der Waals surface area (Å²) in [6, 6.07) is 10.3. The van der Waals surface area contributed by atoms with Crippen molar-refractivity contribution < 1.29 is 37.0 Å². The number of H-pyrrole nitrogens is 1. The number of ether oxygens (including phenoxy) is 3. The summed E-state index contributed by atoms with van der Waals surface area (Å²) in [7, 11) is 4.57. The second-order valence-corrected chi connectivity index (χ2v) is 9.29. The number of amides is 2. The highest BCUT2D eigenvalue weighted by atomic mass is 19.4. The highest BCUT2D eigenvalue weighted by Gasteiger charge is 2.26. The summed E-state index contributed by atoms with van der Waals surface area (Å²) in [5.74, 6) is 0.814. The van der Waals surface area contributed by atoms with Gasteiger partial charge in [-0.1, -0.05) is 6.58 Å². The van der Waals surface area contributed by atoms with Crippen molar-refractivity contribution in [3.63, 3.8) is 0 Å². The van der Waals surface area contributed by atoms with Crippen LogP contribution in [0.5, 0.6) is 17.2 Å². The Kier molecular flexibility index (Phi) is 11.8. The molecule has 0 radical (unpaired) electrons. The molecule has 0 atom stereocenters. The minimum absolute atomic E-state index is 0.0916. The van der Waals surface area contributed by atoms with Crippen LogP contribution in [0.1, 0.15) is 28.0 Å². The molecule has 11 nitrogen and oxygen atoms in total. The third kappa shape index (κ3) is 10.3. The van der Waals surface area contributed by atoms with E-state index in [1.807, 2.05) is 12.1 Å². The van der Waals surface area contributed by atoms with E-state index in [0.29, 0.717) is 30.0 Å². The number of carbonyl (C=O) groups excluding carboxylic acids is 2. The Hall–Kier alpha value is -4.72. The van der Waals surface area contributed by atoms with Crippen LogP contribution in [0.2, 0.25) is 0 Å². The molecule has 3 rings (SSSR count). The molecule has 2 aromatic carbocycles. The lowest BCUT2D eigenvalue weighted by molar-refractivity contribution is -0.133. The van der Waals surface area contributed by atoms with E-state index in [2.05, 4.69) is 38.0 Å². The molecule has 14 heteroatoms. The third-order valence-corrected chi connectivity index (χ3v) is 6.20. The Bertz CT molecular complexity index is 1390. The quantitative estimate of drug-likeness (QED) is 0.119. The van der Waals surface area contributed by atoms with Gasteiger partial charge in [-0.25, -0.2) is 0 Å². The van der Waals surface area contributed by atoms with Gasteiger partial charge in [0.1, 0.15) is 17.2 Å². The van der Waals surface area contributed by atoms with Gasteiger partial charge in [0.05, 0.1) is 44.7 Å². The fraction of sp³-hybridized carbons (Fsp3) is 0.345. The second-order valence-electron chi connectivity index (χ2n) is 9.29. The molecule has 0 aliphatic carbocycles. The molecule has 0 saturated carbocycles. The van der Waals surface area contributed by atoms with E-state index >= 15 is 0 Å². The van der Waals surface area contributed by atoms with Gasteiger partial charge in [-0.2, -0.15) is 18.3 Å². The number of hydrogen-bond acceptors (Lipinski definition) is 8. The maximum Gasteiger partial charge on any atom is 0.390 e. The number of alkyl halides is 3. The lowest BCUT2D eigenvalue weighted by Crippen LogP contribution is -2.26. The molecular formula is C29H35F3N6O5. The molecule has 43 heavy (non-hydrogen) atoms. The van der Waals surface area contributed by atoms with Crippen molar-refractivity contribution in [2.45, 2.75) is 25.4 Å². The van der Waals surface area contributed by atoms with Crippen molar-refractivity contribution in [2.75, 3.05) is 56.9 Å². The van der Waals surface area contributed by atoms with Gasteiger partial charge in [0, 0.05) is 37.5 Å². The smallest absolute Gasteiger partial charge is 0.390 e. The standard InChI is InChI=1S/C29H35F3N6O5/c1-5-27(39)35-23-17-24(34-11-10-33-9-8-29(30,31)32)25(43-4)16-22(23)28(40)36-26-14-19(37-38-26)7-6-18-12-20(41-2)15-21(13-18)42-3/h5,12-17,33-34H,1,6-11H2,2-4H3,(H,35,39)(H2,36,37,38,40). The fourth-order valence-electron chi connectivity index (χ4n) is 4.03. The summed E-state index contributed by atoms with van der Waals surface area (Å²) in [4.78, 5) is 25.4. The number of aromatic nitrogens is 2. The van der Waals surface area contributed by atoms with Gasteiger partial charge in [0.25, 0.3) is 5.91 Å². The molecule has 5 N–H and O–H groups in total. The molecule has 232 valence electrons. The van der Waals surface area contributed by atoms with Crippen LogP contribution in [0.4, 0.5) is 30.4 Å². The van der Waals surface area contributed by atoms with Crippen molar-refractivity contribution in [3.8, 4) is 17.2 Å². The van der Waals surface area contributed by atoms with Crippen LogP contribution < -0.4 is 35.5 Å². The van der Waals surface area contributed by atoms with E-state index in [4.69, 9.17) is 14.2 Å². The first kappa shape index (κ1) is 32.8. The van der Waals surface area contributed by atoms with Crippen LogP contribution in [-0.2, 0) is 17.6 Å². The Balaban J connectivity index is 1.70. The lowest BCUT2D eigenvalue weighted by atomic mass is 10.1. The Morgan fingerprint density at radius 1 is 0.907 bits per heavy atom. The van der Waals surface area contributed by atoms with E-state index in [1.54, 1.807) is 26.4 Å². The van der Waals surface area contributed by atoms with Gasteiger partial charge in [0.15, 0.2) is 5.82 Å². The lowest BCUT2D eigenvalue weighted by Gasteiger charge is -2.17. The van der Waals surface area contributed by atoms with Crippen LogP contribution >= 0.6 is 0 Å². The molecule has 0 aliphatic heterocycles. The third-order valence-electron chi connectivity index (χ3n) is 6.20. The number of carbonyl (C=O) groups is 2. The number of halogens is 3. The summed E-state index contributed by atoms with van der Waals surface area (Å²) in [6.07, 6.45) is -2.86. The molecule has 0 bridgehead atoms. The molecule has 2 amide bonds. The monoisotopic (exact) mass is 604 g/mol. The van der Waals surface area contributed by atoms with Crippen molar-refractivity contribution >= 4 is 29.0 Å². The van der Waals surface area contributed by atoms with Crippen LogP contribution in [0.15, 0.2) is 49.1 Å². The van der Waals surface area contributed by atoms with Gasteiger partial charge < -0.3 is 35.5 Å². The van der Waals surface area contributed by atoms with E-state index in [0.717, 1.165) is 17.3 Å². The minimum atomic E-state index is -4.23. The number of hydrogen-bond donors (Lipinski definition) is 5. The zero-order valence-corrected chi connectivity index (χ0v) is 24.1. The number of anilines is 3. The second kappa shape index (κ2) is 15.5. The Labute approximate surface area is 247 Å². The number of nitrogens with zero attached hydrogens (tertiary/aromatic N) is 1. The molecule has 1 aromatic heterocycles. The SMILES string of the molecule is C=CC(=O)Nc1cc(NCCNCCC(F)(F)F)c(OC)cc1C(=O)Nc1cc(CCc2cc(OC)cc(OC)c2)[nH]n1. The van der Waals surface area contributed by atoms with Gasteiger partial charge in [0.2, 0.25) is 5.91 Å². The van der Waals surface area contributed by atoms with Gasteiger partial charge >= 0.3 is 6.18 Å². The average molecular weight is 605 g/mol. The summed E-state index contributed by atoms with van der Waals surface area (Å²) in [5.41, 5.74) is 2.45. The molecule has 0 unspecified atom stereocenters. The number of benzene rings is 2. The van der Waals surface area contributed by atoms with Crippen molar-refractivity contribution in [1.82, 2.24) is 15.5 Å². The maximum absolute atomic E-state index is 13.3. The highest BCUT2D eigenvalue weighted by Crippen LogP contribution is 2.32. The number of methoxy groups -OCH3 is 3. The van der Waals surface area contributed by atoms with Gasteiger partial charge in [-0.15, -0.1) is 0 Å². The zero-order valence-electron chi connectivity index (χ0n) is 24.1. The van der Waals surface area contributed by atoms with E-state index in [-0.39, 0.29) is 42.5 Å². The van der Waals surface area contributed by atoms with E-state index in [1.165, 1.54) is 19.2 Å². The maximum atomic E-state index is 13.3. The predicted molar refractivity (Wildman–Crippen MR) is 157 cm³/mol. The summed E-state index contributed by atoms with van der Waals surface area (Å²) >= 11 is 0. The van der Waals surface area contributed by atoms with E-state index in [9.17, 15) is 22.8 Å². The molecule has 0 saturated heterocycles. The highest BCUT2D eigenvalue weighted by molar-refractivity contribution is 6.12. The normalized spacial score (nSPS) is 11.0. The first-order valence-electron chi connectivity index (χ1n) is 13.3. The van der Waals surface area contributed by atoms with Crippen LogP contribution in [-0.4, -0.2) is 69.2 Å². The first-order chi connectivity index (χ1) is 20.5. The number of rotatable bonds is 16. The minimum Gasteiger partial charge on any atom is -0.497 e. The number of aryl methyl sites for hydroxylation is 2. The van der Waals surface area contributed by atoms with Crippen molar-refractivity contribution in [1.29, 1.82) is 0 Å². The first-order valence-corrected chi connectivity index (χ1v) is 13.3. The number of aromatic amines is 1. The molecular weight excluding hydrogens is 569 g/mol. The summed E-state index contributed by atoms with van der Waals surface area (Å²) < 4.78 is 53.1. The summed E-state index contributed by atoms with van der Waals surface area (Å²) in [5, 5.41) is 18.2.